The van der Waals surface area contributed by atoms with Gasteiger partial charge in [-0.15, -0.1) is 0 Å². The quantitative estimate of drug-likeness (QED) is 0.432. The number of amides is 1. The summed E-state index contributed by atoms with van der Waals surface area (Å²) < 4.78 is 0. The maximum absolute atomic E-state index is 12.3. The predicted molar refractivity (Wildman–Crippen MR) is 134 cm³/mol. The van der Waals surface area contributed by atoms with Crippen LogP contribution < -0.4 is 11.1 Å². The highest BCUT2D eigenvalue weighted by Gasteiger charge is 2.18. The Balaban J connectivity index is 1.55. The number of benzene rings is 3. The van der Waals surface area contributed by atoms with Gasteiger partial charge >= 0.3 is 0 Å². The number of hydrogen-bond acceptors (Lipinski definition) is 4. The van der Waals surface area contributed by atoms with Gasteiger partial charge in [-0.1, -0.05) is 61.2 Å². The summed E-state index contributed by atoms with van der Waals surface area (Å²) in [6, 6.07) is 24.8. The van der Waals surface area contributed by atoms with E-state index in [9.17, 15) is 9.59 Å². The van der Waals surface area contributed by atoms with Crippen molar-refractivity contribution in [2.24, 2.45) is 5.73 Å². The Morgan fingerprint density at radius 1 is 0.912 bits per heavy atom. The molecule has 2 atom stereocenters. The maximum Gasteiger partial charge on any atom is 0.251 e. The first-order chi connectivity index (χ1) is 16.5. The molecular formula is C29H30N2O3. The normalized spacial score (nSPS) is 12.2. The monoisotopic (exact) mass is 454 g/mol. The van der Waals surface area contributed by atoms with Gasteiger partial charge < -0.3 is 16.2 Å². The fraction of sp³-hybridized carbons (Fsp3) is 0.241. The lowest BCUT2D eigenvalue weighted by atomic mass is 9.94. The second-order valence-corrected chi connectivity index (χ2v) is 8.26. The minimum Gasteiger partial charge on any atom is -0.388 e. The van der Waals surface area contributed by atoms with Crippen molar-refractivity contribution in [3.63, 3.8) is 0 Å². The summed E-state index contributed by atoms with van der Waals surface area (Å²) in [5.41, 5.74) is 10.2. The second-order valence-electron chi connectivity index (χ2n) is 8.26. The molecule has 0 aliphatic carbocycles. The Kier molecular flexibility index (Phi) is 9.16. The minimum atomic E-state index is -0.901. The Hall–Kier alpha value is -3.72. The number of carbonyl (C=O) groups is 2. The number of nitrogens with one attached hydrogen (secondary N) is 1. The average Bonchev–Trinajstić information content (AvgIpc) is 2.90. The number of aryl methyl sites for hydroxylation is 1. The van der Waals surface area contributed by atoms with Crippen LogP contribution in [0.25, 0.3) is 0 Å². The number of aliphatic hydroxyl groups is 1. The number of ketones is 1. The molecule has 0 heterocycles. The van der Waals surface area contributed by atoms with Crippen molar-refractivity contribution in [2.45, 2.75) is 31.7 Å². The molecule has 0 spiro atoms. The first kappa shape index (κ1) is 24.9. The van der Waals surface area contributed by atoms with Gasteiger partial charge in [0.25, 0.3) is 5.91 Å². The first-order valence-electron chi connectivity index (χ1n) is 11.4. The van der Waals surface area contributed by atoms with E-state index in [2.05, 4.69) is 60.5 Å². The van der Waals surface area contributed by atoms with E-state index in [1.165, 1.54) is 11.1 Å². The van der Waals surface area contributed by atoms with Crippen LogP contribution in [-0.2, 0) is 11.2 Å². The Labute approximate surface area is 201 Å². The standard InChI is InChI=1S/C29H30N2O3/c1-21(25-5-3-2-4-6-25)7-8-22-9-11-23(12-10-22)13-14-24-15-17-26(18-16-24)29(34)31-27(19-30)28(33)20-32/h2-6,9-12,15-18,21,27,32H,7-8,19-20,30H2,1H3,(H,31,34)/t21-,27+/m1/s1. The van der Waals surface area contributed by atoms with Gasteiger partial charge in [0.1, 0.15) is 12.6 Å². The molecule has 0 saturated carbocycles. The minimum absolute atomic E-state index is 0.0699. The zero-order valence-electron chi connectivity index (χ0n) is 19.3. The van der Waals surface area contributed by atoms with Crippen molar-refractivity contribution in [3.05, 3.63) is 107 Å². The first-order valence-corrected chi connectivity index (χ1v) is 11.4. The number of rotatable bonds is 9. The van der Waals surface area contributed by atoms with Crippen LogP contribution in [0.5, 0.6) is 0 Å². The van der Waals surface area contributed by atoms with Crippen LogP contribution >= 0.6 is 0 Å². The van der Waals surface area contributed by atoms with Gasteiger partial charge in [0.15, 0.2) is 5.78 Å². The van der Waals surface area contributed by atoms with Crippen molar-refractivity contribution in [2.75, 3.05) is 13.2 Å². The summed E-state index contributed by atoms with van der Waals surface area (Å²) in [6.07, 6.45) is 2.11. The van der Waals surface area contributed by atoms with E-state index < -0.39 is 24.3 Å². The van der Waals surface area contributed by atoms with Crippen molar-refractivity contribution in [1.29, 1.82) is 0 Å². The Bertz CT molecular complexity index is 1140. The molecule has 5 heteroatoms. The molecular weight excluding hydrogens is 424 g/mol. The van der Waals surface area contributed by atoms with Crippen molar-refractivity contribution in [1.82, 2.24) is 5.32 Å². The molecule has 4 N–H and O–H groups in total. The Morgan fingerprint density at radius 3 is 2.06 bits per heavy atom. The van der Waals surface area contributed by atoms with Crippen molar-refractivity contribution >= 4 is 11.7 Å². The lowest BCUT2D eigenvalue weighted by molar-refractivity contribution is -0.123. The molecule has 0 aliphatic heterocycles. The van der Waals surface area contributed by atoms with Crippen LogP contribution in [0, 0.1) is 11.8 Å². The van der Waals surface area contributed by atoms with Gasteiger partial charge in [-0.3, -0.25) is 9.59 Å². The molecule has 3 aromatic carbocycles. The summed E-state index contributed by atoms with van der Waals surface area (Å²) in [4.78, 5) is 23.9. The molecule has 5 nitrogen and oxygen atoms in total. The molecule has 0 fully saturated rings. The highest BCUT2D eigenvalue weighted by molar-refractivity contribution is 5.98. The van der Waals surface area contributed by atoms with E-state index in [1.807, 2.05) is 18.2 Å². The molecule has 3 rings (SSSR count). The predicted octanol–water partition coefficient (Wildman–Crippen LogP) is 3.44. The average molecular weight is 455 g/mol. The SMILES string of the molecule is C[C@H](CCc1ccc(C#Cc2ccc(C(=O)N[C@@H](CN)C(=O)CO)cc2)cc1)c1ccccc1. The maximum atomic E-state index is 12.3. The number of aliphatic hydroxyl groups excluding tert-OH is 1. The lowest BCUT2D eigenvalue weighted by Crippen LogP contribution is -2.46. The summed E-state index contributed by atoms with van der Waals surface area (Å²) in [5.74, 6) is 5.84. The molecule has 0 aromatic heterocycles. The summed E-state index contributed by atoms with van der Waals surface area (Å²) in [5, 5.41) is 11.5. The topological polar surface area (TPSA) is 92.4 Å². The van der Waals surface area contributed by atoms with E-state index in [1.54, 1.807) is 24.3 Å². The van der Waals surface area contributed by atoms with Gasteiger partial charge in [0.05, 0.1) is 0 Å². The highest BCUT2D eigenvalue weighted by Crippen LogP contribution is 2.21. The molecule has 0 saturated heterocycles. The molecule has 0 bridgehead atoms. The number of Topliss-reactive ketones (excluding diaryl/α,β-unsaturated/α-hetero) is 1. The zero-order valence-corrected chi connectivity index (χ0v) is 19.3. The van der Waals surface area contributed by atoms with E-state index >= 15 is 0 Å². The van der Waals surface area contributed by atoms with Gasteiger partial charge in [0, 0.05) is 23.2 Å². The number of hydrogen-bond donors (Lipinski definition) is 3. The van der Waals surface area contributed by atoms with E-state index in [4.69, 9.17) is 10.8 Å². The molecule has 1 amide bonds. The van der Waals surface area contributed by atoms with Crippen LogP contribution in [0.1, 0.15) is 51.9 Å². The fourth-order valence-electron chi connectivity index (χ4n) is 3.56. The third-order valence-electron chi connectivity index (χ3n) is 5.77. The highest BCUT2D eigenvalue weighted by atomic mass is 16.3. The van der Waals surface area contributed by atoms with Crippen LogP contribution in [0.15, 0.2) is 78.9 Å². The van der Waals surface area contributed by atoms with Crippen molar-refractivity contribution < 1.29 is 14.7 Å². The summed E-state index contributed by atoms with van der Waals surface area (Å²) >= 11 is 0. The number of nitrogens with two attached hydrogens (primary N) is 1. The third-order valence-corrected chi connectivity index (χ3v) is 5.77. The summed E-state index contributed by atoms with van der Waals surface area (Å²) in [7, 11) is 0. The van der Waals surface area contributed by atoms with Crippen molar-refractivity contribution in [3.8, 4) is 11.8 Å². The van der Waals surface area contributed by atoms with Gasteiger partial charge in [0.2, 0.25) is 0 Å². The van der Waals surface area contributed by atoms with Crippen LogP contribution in [0.4, 0.5) is 0 Å². The van der Waals surface area contributed by atoms with Gasteiger partial charge in [-0.25, -0.2) is 0 Å². The van der Waals surface area contributed by atoms with Crippen LogP contribution in [0.3, 0.4) is 0 Å². The second kappa shape index (κ2) is 12.5. The third kappa shape index (κ3) is 7.14. The molecule has 0 unspecified atom stereocenters. The molecule has 34 heavy (non-hydrogen) atoms. The molecule has 0 radical (unpaired) electrons. The zero-order chi connectivity index (χ0) is 24.3. The van der Waals surface area contributed by atoms with Crippen LogP contribution in [0.2, 0.25) is 0 Å². The number of carbonyl (C=O) groups excluding carboxylic acids is 2. The molecule has 3 aromatic rings. The van der Waals surface area contributed by atoms with Gasteiger partial charge in [-0.2, -0.15) is 0 Å². The fourth-order valence-corrected chi connectivity index (χ4v) is 3.56. The van der Waals surface area contributed by atoms with E-state index in [0.717, 1.165) is 24.0 Å². The summed E-state index contributed by atoms with van der Waals surface area (Å²) in [6.45, 7) is 1.53. The lowest BCUT2D eigenvalue weighted by Gasteiger charge is -2.14. The molecule has 0 aliphatic rings. The molecule has 174 valence electrons. The largest absolute Gasteiger partial charge is 0.388 e. The van der Waals surface area contributed by atoms with Gasteiger partial charge in [-0.05, 0) is 66.3 Å². The van der Waals surface area contributed by atoms with E-state index in [0.29, 0.717) is 11.5 Å². The Morgan fingerprint density at radius 2 is 1.50 bits per heavy atom. The van der Waals surface area contributed by atoms with Crippen LogP contribution in [-0.4, -0.2) is 36.0 Å². The smallest absolute Gasteiger partial charge is 0.251 e. The van der Waals surface area contributed by atoms with E-state index in [-0.39, 0.29) is 6.54 Å².